The second kappa shape index (κ2) is 9.11. The maximum absolute atomic E-state index is 6.06. The topological polar surface area (TPSA) is 39.9 Å². The fraction of sp³-hybridized carbons (Fsp3) is 0.238. The van der Waals surface area contributed by atoms with Gasteiger partial charge in [-0.1, -0.05) is 53.7 Å². The SMILES string of the molecule is C=CCn1c(COc2cccc(C)c2C)nnc1SCc1cccc(Cl)c1. The number of aromatic nitrogens is 3. The van der Waals surface area contributed by atoms with Crippen LogP contribution in [0.2, 0.25) is 5.02 Å². The predicted octanol–water partition coefficient (Wildman–Crippen LogP) is 5.61. The van der Waals surface area contributed by atoms with Crippen LogP contribution in [0.3, 0.4) is 0 Å². The molecule has 0 aliphatic carbocycles. The second-order valence-corrected chi connectivity index (χ2v) is 7.58. The van der Waals surface area contributed by atoms with Crippen LogP contribution in [0.25, 0.3) is 0 Å². The first-order valence-corrected chi connectivity index (χ1v) is 10.0. The van der Waals surface area contributed by atoms with Gasteiger partial charge in [0.2, 0.25) is 0 Å². The summed E-state index contributed by atoms with van der Waals surface area (Å²) >= 11 is 7.69. The van der Waals surface area contributed by atoms with E-state index in [9.17, 15) is 0 Å². The van der Waals surface area contributed by atoms with Gasteiger partial charge >= 0.3 is 0 Å². The van der Waals surface area contributed by atoms with Crippen molar-refractivity contribution in [2.75, 3.05) is 0 Å². The Hall–Kier alpha value is -2.24. The van der Waals surface area contributed by atoms with Crippen LogP contribution in [0.5, 0.6) is 5.75 Å². The lowest BCUT2D eigenvalue weighted by Crippen LogP contribution is -2.08. The minimum Gasteiger partial charge on any atom is -0.485 e. The van der Waals surface area contributed by atoms with Gasteiger partial charge in [0, 0.05) is 17.3 Å². The standard InChI is InChI=1S/C21H22ClN3OS/c1-4-11-25-20(13-26-19-10-5-7-15(2)16(19)3)23-24-21(25)27-14-17-8-6-9-18(22)12-17/h4-10,12H,1,11,13-14H2,2-3H3. The van der Waals surface area contributed by atoms with E-state index >= 15 is 0 Å². The highest BCUT2D eigenvalue weighted by Gasteiger charge is 2.13. The molecule has 0 fully saturated rings. The van der Waals surface area contributed by atoms with Gasteiger partial charge in [0.25, 0.3) is 0 Å². The van der Waals surface area contributed by atoms with Crippen molar-refractivity contribution < 1.29 is 4.74 Å². The molecule has 0 amide bonds. The van der Waals surface area contributed by atoms with Gasteiger partial charge in [-0.25, -0.2) is 0 Å². The molecule has 4 nitrogen and oxygen atoms in total. The molecular weight excluding hydrogens is 378 g/mol. The Morgan fingerprint density at radius 3 is 2.78 bits per heavy atom. The van der Waals surface area contributed by atoms with Crippen LogP contribution in [-0.4, -0.2) is 14.8 Å². The van der Waals surface area contributed by atoms with Gasteiger partial charge in [0.15, 0.2) is 11.0 Å². The van der Waals surface area contributed by atoms with E-state index in [4.69, 9.17) is 16.3 Å². The summed E-state index contributed by atoms with van der Waals surface area (Å²) < 4.78 is 8.03. The number of ether oxygens (including phenoxy) is 1. The van der Waals surface area contributed by atoms with Gasteiger partial charge in [-0.3, -0.25) is 4.57 Å². The lowest BCUT2D eigenvalue weighted by Gasteiger charge is -2.12. The van der Waals surface area contributed by atoms with Crippen molar-refractivity contribution in [2.45, 2.75) is 37.9 Å². The molecule has 0 saturated carbocycles. The number of halogens is 1. The third kappa shape index (κ3) is 4.93. The Morgan fingerprint density at radius 2 is 2.00 bits per heavy atom. The number of benzene rings is 2. The van der Waals surface area contributed by atoms with Crippen molar-refractivity contribution in [3.63, 3.8) is 0 Å². The Labute approximate surface area is 169 Å². The van der Waals surface area contributed by atoms with Crippen LogP contribution in [0.4, 0.5) is 0 Å². The van der Waals surface area contributed by atoms with Crippen LogP contribution in [0.15, 0.2) is 60.3 Å². The zero-order chi connectivity index (χ0) is 19.2. The first kappa shape index (κ1) is 19.5. The van der Waals surface area contributed by atoms with Gasteiger partial charge in [-0.15, -0.1) is 16.8 Å². The van der Waals surface area contributed by atoms with E-state index < -0.39 is 0 Å². The molecule has 0 aliphatic heterocycles. The molecule has 0 atom stereocenters. The summed E-state index contributed by atoms with van der Waals surface area (Å²) in [6, 6.07) is 13.9. The minimum absolute atomic E-state index is 0.364. The van der Waals surface area contributed by atoms with Crippen molar-refractivity contribution in [3.8, 4) is 5.75 Å². The quantitative estimate of drug-likeness (QED) is 0.365. The first-order valence-electron chi connectivity index (χ1n) is 8.67. The van der Waals surface area contributed by atoms with E-state index in [1.165, 1.54) is 5.56 Å². The number of thioether (sulfide) groups is 1. The number of allylic oxidation sites excluding steroid dienone is 1. The van der Waals surface area contributed by atoms with E-state index in [1.807, 2.05) is 41.0 Å². The molecule has 0 bridgehead atoms. The lowest BCUT2D eigenvalue weighted by molar-refractivity contribution is 0.287. The number of hydrogen-bond donors (Lipinski definition) is 0. The summed E-state index contributed by atoms with van der Waals surface area (Å²) in [7, 11) is 0. The Bertz CT molecular complexity index is 939. The molecule has 0 unspecified atom stereocenters. The molecule has 0 aliphatic rings. The van der Waals surface area contributed by atoms with Crippen molar-refractivity contribution in [2.24, 2.45) is 0 Å². The lowest BCUT2D eigenvalue weighted by atomic mass is 10.1. The average molecular weight is 400 g/mol. The van der Waals surface area contributed by atoms with E-state index in [1.54, 1.807) is 11.8 Å². The minimum atomic E-state index is 0.364. The number of nitrogens with zero attached hydrogens (tertiary/aromatic N) is 3. The van der Waals surface area contributed by atoms with Gasteiger partial charge in [0.1, 0.15) is 12.4 Å². The molecular formula is C21H22ClN3OS. The molecule has 6 heteroatoms. The first-order chi connectivity index (χ1) is 13.1. The number of aryl methyl sites for hydroxylation is 1. The van der Waals surface area contributed by atoms with Gasteiger partial charge < -0.3 is 4.74 Å². The molecule has 1 aromatic heterocycles. The van der Waals surface area contributed by atoms with Gasteiger partial charge in [-0.05, 0) is 48.7 Å². The predicted molar refractivity (Wildman–Crippen MR) is 111 cm³/mol. The molecule has 0 spiro atoms. The maximum atomic E-state index is 6.06. The van der Waals surface area contributed by atoms with Crippen LogP contribution >= 0.6 is 23.4 Å². The van der Waals surface area contributed by atoms with E-state index in [0.29, 0.717) is 13.2 Å². The van der Waals surface area contributed by atoms with Crippen LogP contribution in [0, 0.1) is 13.8 Å². The third-order valence-corrected chi connectivity index (χ3v) is 5.55. The highest BCUT2D eigenvalue weighted by molar-refractivity contribution is 7.98. The summed E-state index contributed by atoms with van der Waals surface area (Å²) in [5.41, 5.74) is 3.49. The summed E-state index contributed by atoms with van der Waals surface area (Å²) in [6.07, 6.45) is 1.84. The van der Waals surface area contributed by atoms with Crippen LogP contribution in [0.1, 0.15) is 22.5 Å². The zero-order valence-electron chi connectivity index (χ0n) is 15.5. The molecule has 1 heterocycles. The van der Waals surface area contributed by atoms with Crippen LogP contribution in [-0.2, 0) is 18.9 Å². The van der Waals surface area contributed by atoms with Crippen molar-refractivity contribution >= 4 is 23.4 Å². The fourth-order valence-electron chi connectivity index (χ4n) is 2.64. The summed E-state index contributed by atoms with van der Waals surface area (Å²) in [4.78, 5) is 0. The van der Waals surface area contributed by atoms with E-state index in [2.05, 4.69) is 42.8 Å². The van der Waals surface area contributed by atoms with E-state index in [0.717, 1.165) is 38.6 Å². The normalized spacial score (nSPS) is 10.8. The Kier molecular flexibility index (Phi) is 6.58. The summed E-state index contributed by atoms with van der Waals surface area (Å²) in [5, 5.41) is 10.2. The zero-order valence-corrected chi connectivity index (χ0v) is 17.1. The molecule has 27 heavy (non-hydrogen) atoms. The summed E-state index contributed by atoms with van der Waals surface area (Å²) in [5.74, 6) is 2.42. The smallest absolute Gasteiger partial charge is 0.191 e. The highest BCUT2D eigenvalue weighted by atomic mass is 35.5. The molecule has 2 aromatic carbocycles. The van der Waals surface area contributed by atoms with Gasteiger partial charge in [-0.2, -0.15) is 0 Å². The monoisotopic (exact) mass is 399 g/mol. The number of rotatable bonds is 8. The molecule has 3 aromatic rings. The van der Waals surface area contributed by atoms with Crippen molar-refractivity contribution in [1.29, 1.82) is 0 Å². The fourth-order valence-corrected chi connectivity index (χ4v) is 3.76. The third-order valence-electron chi connectivity index (χ3n) is 4.27. The Morgan fingerprint density at radius 1 is 1.19 bits per heavy atom. The number of hydrogen-bond acceptors (Lipinski definition) is 4. The average Bonchev–Trinajstić information content (AvgIpc) is 3.03. The highest BCUT2D eigenvalue weighted by Crippen LogP contribution is 2.25. The summed E-state index contributed by atoms with van der Waals surface area (Å²) in [6.45, 7) is 8.98. The molecule has 0 saturated heterocycles. The van der Waals surface area contributed by atoms with Crippen LogP contribution < -0.4 is 4.74 Å². The van der Waals surface area contributed by atoms with E-state index in [-0.39, 0.29) is 0 Å². The Balaban J connectivity index is 1.72. The molecule has 0 N–H and O–H groups in total. The molecule has 3 rings (SSSR count). The van der Waals surface area contributed by atoms with Crippen molar-refractivity contribution in [3.05, 3.63) is 82.7 Å². The second-order valence-electron chi connectivity index (χ2n) is 6.20. The van der Waals surface area contributed by atoms with Crippen molar-refractivity contribution in [1.82, 2.24) is 14.8 Å². The molecule has 0 radical (unpaired) electrons. The maximum Gasteiger partial charge on any atom is 0.191 e. The largest absolute Gasteiger partial charge is 0.485 e. The molecule has 140 valence electrons. The van der Waals surface area contributed by atoms with Gasteiger partial charge in [0.05, 0.1) is 0 Å².